The Balaban J connectivity index is 2.77. The minimum absolute atomic E-state index is 0.0566. The predicted molar refractivity (Wildman–Crippen MR) is 49.6 cm³/mol. The number of aromatic nitrogens is 2. The minimum Gasteiger partial charge on any atom is -0.409 e. The summed E-state index contributed by atoms with van der Waals surface area (Å²) in [6.45, 7) is 2.96. The largest absolute Gasteiger partial charge is 0.409 e. The van der Waals surface area contributed by atoms with E-state index in [4.69, 9.17) is 10.9 Å². The molecule has 1 aromatic heterocycles. The molecule has 1 rings (SSSR count). The van der Waals surface area contributed by atoms with Gasteiger partial charge < -0.3 is 15.5 Å². The molecule has 0 unspecified atom stereocenters. The highest BCUT2D eigenvalue weighted by molar-refractivity contribution is 5.93. The van der Waals surface area contributed by atoms with Crippen LogP contribution in [0.1, 0.15) is 25.6 Å². The van der Waals surface area contributed by atoms with Crippen molar-refractivity contribution in [1.29, 1.82) is 0 Å². The number of imidazole rings is 1. The van der Waals surface area contributed by atoms with Crippen molar-refractivity contribution >= 4 is 5.84 Å². The predicted octanol–water partition coefficient (Wildman–Crippen LogP) is 0.778. The fourth-order valence-corrected chi connectivity index (χ4v) is 1.10. The molecule has 5 heteroatoms. The van der Waals surface area contributed by atoms with Gasteiger partial charge >= 0.3 is 0 Å². The molecular formula is C8H14N4O. The summed E-state index contributed by atoms with van der Waals surface area (Å²) in [7, 11) is 0. The summed E-state index contributed by atoms with van der Waals surface area (Å²) in [4.78, 5) is 3.99. The average molecular weight is 182 g/mol. The van der Waals surface area contributed by atoms with Crippen molar-refractivity contribution in [3.8, 4) is 0 Å². The number of rotatable bonds is 4. The van der Waals surface area contributed by atoms with Crippen molar-refractivity contribution in [1.82, 2.24) is 9.55 Å². The van der Waals surface area contributed by atoms with Gasteiger partial charge in [-0.3, -0.25) is 0 Å². The molecule has 0 aliphatic rings. The van der Waals surface area contributed by atoms with Gasteiger partial charge in [-0.05, 0) is 6.42 Å². The molecule has 72 valence electrons. The first-order chi connectivity index (χ1) is 6.29. The third-order valence-corrected chi connectivity index (χ3v) is 1.80. The number of hydrogen-bond acceptors (Lipinski definition) is 3. The van der Waals surface area contributed by atoms with Crippen LogP contribution >= 0.6 is 0 Å². The van der Waals surface area contributed by atoms with Gasteiger partial charge in [0.15, 0.2) is 5.82 Å². The van der Waals surface area contributed by atoms with Gasteiger partial charge in [-0.2, -0.15) is 0 Å². The van der Waals surface area contributed by atoms with E-state index in [1.165, 1.54) is 0 Å². The Hall–Kier alpha value is -1.52. The van der Waals surface area contributed by atoms with Gasteiger partial charge in [0.25, 0.3) is 0 Å². The Kier molecular flexibility index (Phi) is 3.31. The van der Waals surface area contributed by atoms with E-state index in [9.17, 15) is 0 Å². The van der Waals surface area contributed by atoms with Gasteiger partial charge in [-0.1, -0.05) is 18.5 Å². The molecule has 0 atom stereocenters. The SMILES string of the molecule is CCCCn1ccnc1C(N)=NO. The summed E-state index contributed by atoms with van der Waals surface area (Å²) >= 11 is 0. The second-order valence-electron chi connectivity index (χ2n) is 2.78. The zero-order valence-corrected chi connectivity index (χ0v) is 7.64. The molecule has 13 heavy (non-hydrogen) atoms. The zero-order valence-electron chi connectivity index (χ0n) is 7.64. The normalized spacial score (nSPS) is 11.9. The summed E-state index contributed by atoms with van der Waals surface area (Å²) in [6.07, 6.45) is 5.63. The van der Waals surface area contributed by atoms with E-state index in [1.54, 1.807) is 6.20 Å². The van der Waals surface area contributed by atoms with Crippen LogP contribution in [0.25, 0.3) is 0 Å². The molecule has 1 aromatic rings. The maximum absolute atomic E-state index is 8.47. The molecule has 0 saturated heterocycles. The molecule has 0 radical (unpaired) electrons. The fraction of sp³-hybridized carbons (Fsp3) is 0.500. The zero-order chi connectivity index (χ0) is 9.68. The maximum atomic E-state index is 8.47. The van der Waals surface area contributed by atoms with Gasteiger partial charge in [0.1, 0.15) is 0 Å². The molecule has 0 aromatic carbocycles. The number of nitrogens with two attached hydrogens (primary N) is 1. The summed E-state index contributed by atoms with van der Waals surface area (Å²) in [5.74, 6) is 0.581. The molecule has 0 bridgehead atoms. The van der Waals surface area contributed by atoms with Crippen molar-refractivity contribution in [3.63, 3.8) is 0 Å². The second-order valence-corrected chi connectivity index (χ2v) is 2.78. The molecule has 0 aliphatic heterocycles. The summed E-state index contributed by atoms with van der Waals surface area (Å²) < 4.78 is 1.87. The molecule has 0 spiro atoms. The van der Waals surface area contributed by atoms with Crippen molar-refractivity contribution in [2.45, 2.75) is 26.3 Å². The third-order valence-electron chi connectivity index (χ3n) is 1.80. The average Bonchev–Trinajstić information content (AvgIpc) is 2.61. The maximum Gasteiger partial charge on any atom is 0.206 e. The van der Waals surface area contributed by atoms with Crippen molar-refractivity contribution in [2.24, 2.45) is 10.9 Å². The van der Waals surface area contributed by atoms with Crippen LogP contribution in [0, 0.1) is 0 Å². The van der Waals surface area contributed by atoms with Crippen molar-refractivity contribution in [3.05, 3.63) is 18.2 Å². The Bertz CT molecular complexity index is 292. The lowest BCUT2D eigenvalue weighted by Gasteiger charge is -2.04. The quantitative estimate of drug-likeness (QED) is 0.312. The van der Waals surface area contributed by atoms with E-state index in [0.717, 1.165) is 19.4 Å². The number of hydrogen-bond donors (Lipinski definition) is 2. The number of aryl methyl sites for hydroxylation is 1. The highest BCUT2D eigenvalue weighted by atomic mass is 16.4. The highest BCUT2D eigenvalue weighted by Gasteiger charge is 2.06. The van der Waals surface area contributed by atoms with Crippen LogP contribution in [0.15, 0.2) is 17.5 Å². The lowest BCUT2D eigenvalue weighted by Crippen LogP contribution is -2.19. The van der Waals surface area contributed by atoms with Crippen LogP contribution in [-0.2, 0) is 6.54 Å². The van der Waals surface area contributed by atoms with Crippen LogP contribution in [-0.4, -0.2) is 20.6 Å². The molecule has 0 fully saturated rings. The van der Waals surface area contributed by atoms with Gasteiger partial charge in [0, 0.05) is 18.9 Å². The highest BCUT2D eigenvalue weighted by Crippen LogP contribution is 2.00. The number of amidine groups is 1. The van der Waals surface area contributed by atoms with Crippen LogP contribution < -0.4 is 5.73 Å². The summed E-state index contributed by atoms with van der Waals surface area (Å²) in [5.41, 5.74) is 5.43. The van der Waals surface area contributed by atoms with Gasteiger partial charge in [0.05, 0.1) is 0 Å². The minimum atomic E-state index is 0.0566. The second kappa shape index (κ2) is 4.49. The molecule has 0 aliphatic carbocycles. The molecule has 0 amide bonds. The first-order valence-electron chi connectivity index (χ1n) is 4.28. The number of unbranched alkanes of at least 4 members (excludes halogenated alkanes) is 1. The lowest BCUT2D eigenvalue weighted by molar-refractivity contribution is 0.318. The Morgan fingerprint density at radius 3 is 3.15 bits per heavy atom. The molecular weight excluding hydrogens is 168 g/mol. The van der Waals surface area contributed by atoms with E-state index >= 15 is 0 Å². The smallest absolute Gasteiger partial charge is 0.206 e. The number of oxime groups is 1. The van der Waals surface area contributed by atoms with Crippen LogP contribution in [0.2, 0.25) is 0 Å². The van der Waals surface area contributed by atoms with Crippen LogP contribution in [0.3, 0.4) is 0 Å². The summed E-state index contributed by atoms with van der Waals surface area (Å²) in [5, 5.41) is 11.4. The topological polar surface area (TPSA) is 76.4 Å². The molecule has 3 N–H and O–H groups in total. The van der Waals surface area contributed by atoms with Crippen molar-refractivity contribution in [2.75, 3.05) is 0 Å². The van der Waals surface area contributed by atoms with Gasteiger partial charge in [-0.15, -0.1) is 0 Å². The third kappa shape index (κ3) is 2.21. The monoisotopic (exact) mass is 182 g/mol. The number of nitrogens with zero attached hydrogens (tertiary/aromatic N) is 3. The van der Waals surface area contributed by atoms with Crippen molar-refractivity contribution < 1.29 is 5.21 Å². The van der Waals surface area contributed by atoms with E-state index in [2.05, 4.69) is 17.1 Å². The van der Waals surface area contributed by atoms with Gasteiger partial charge in [-0.25, -0.2) is 4.98 Å². The van der Waals surface area contributed by atoms with Gasteiger partial charge in [0.2, 0.25) is 5.84 Å². The molecule has 1 heterocycles. The van der Waals surface area contributed by atoms with E-state index in [0.29, 0.717) is 5.82 Å². The first-order valence-corrected chi connectivity index (χ1v) is 4.28. The van der Waals surface area contributed by atoms with E-state index in [-0.39, 0.29) is 5.84 Å². The van der Waals surface area contributed by atoms with Crippen LogP contribution in [0.4, 0.5) is 0 Å². The lowest BCUT2D eigenvalue weighted by atomic mass is 10.3. The Labute approximate surface area is 76.9 Å². The van der Waals surface area contributed by atoms with Crippen LogP contribution in [0.5, 0.6) is 0 Å². The molecule has 0 saturated carbocycles. The first kappa shape index (κ1) is 9.57. The fourth-order valence-electron chi connectivity index (χ4n) is 1.10. The summed E-state index contributed by atoms with van der Waals surface area (Å²) in [6, 6.07) is 0. The van der Waals surface area contributed by atoms with E-state index in [1.807, 2.05) is 10.8 Å². The Morgan fingerprint density at radius 2 is 2.54 bits per heavy atom. The Morgan fingerprint density at radius 1 is 1.77 bits per heavy atom. The standard InChI is InChI=1S/C8H14N4O/c1-2-3-5-12-6-4-10-8(12)7(9)11-13/h4,6,13H,2-3,5H2,1H3,(H2,9,11). The van der Waals surface area contributed by atoms with E-state index < -0.39 is 0 Å². The molecule has 5 nitrogen and oxygen atoms in total.